The monoisotopic (exact) mass is 349 g/mol. The molecule has 2 bridgehead atoms. The smallest absolute Gasteiger partial charge is 0.254 e. The highest BCUT2D eigenvalue weighted by molar-refractivity contribution is 5.95. The van der Waals surface area contributed by atoms with E-state index in [1.807, 2.05) is 41.3 Å². The Labute approximate surface area is 154 Å². The fraction of sp³-hybridized carbons (Fsp3) is 0.318. The van der Waals surface area contributed by atoms with E-state index in [0.29, 0.717) is 5.75 Å². The van der Waals surface area contributed by atoms with Crippen molar-refractivity contribution in [2.24, 2.45) is 0 Å². The summed E-state index contributed by atoms with van der Waals surface area (Å²) >= 11 is 0. The van der Waals surface area contributed by atoms with Crippen molar-refractivity contribution in [3.8, 4) is 11.5 Å². The third kappa shape index (κ3) is 2.57. The molecule has 4 rings (SSSR count). The van der Waals surface area contributed by atoms with Crippen LogP contribution < -0.4 is 9.47 Å². The van der Waals surface area contributed by atoms with Crippen LogP contribution in [0.3, 0.4) is 0 Å². The van der Waals surface area contributed by atoms with Gasteiger partial charge in [0.2, 0.25) is 0 Å². The maximum Gasteiger partial charge on any atom is 0.254 e. The Morgan fingerprint density at radius 3 is 2.46 bits per heavy atom. The molecule has 0 radical (unpaired) electrons. The van der Waals surface area contributed by atoms with Gasteiger partial charge in [0.05, 0.1) is 26.3 Å². The molecule has 2 aromatic rings. The van der Waals surface area contributed by atoms with Gasteiger partial charge >= 0.3 is 0 Å². The van der Waals surface area contributed by atoms with Crippen LogP contribution in [0.5, 0.6) is 11.5 Å². The van der Waals surface area contributed by atoms with Crippen molar-refractivity contribution < 1.29 is 14.3 Å². The highest BCUT2D eigenvalue weighted by Crippen LogP contribution is 2.47. The number of carbonyl (C=O) groups excluding carboxylic acids is 1. The van der Waals surface area contributed by atoms with Crippen molar-refractivity contribution in [2.75, 3.05) is 14.2 Å². The van der Waals surface area contributed by atoms with Crippen LogP contribution >= 0.6 is 0 Å². The van der Waals surface area contributed by atoms with Gasteiger partial charge in [-0.3, -0.25) is 4.79 Å². The molecule has 26 heavy (non-hydrogen) atoms. The van der Waals surface area contributed by atoms with Crippen LogP contribution in [-0.4, -0.2) is 31.1 Å². The van der Waals surface area contributed by atoms with Gasteiger partial charge in [-0.15, -0.1) is 0 Å². The summed E-state index contributed by atoms with van der Waals surface area (Å²) in [6, 6.07) is 13.7. The summed E-state index contributed by atoms with van der Waals surface area (Å²) in [7, 11) is 3.30. The average molecular weight is 349 g/mol. The molecule has 2 heterocycles. The lowest BCUT2D eigenvalue weighted by Gasteiger charge is -2.48. The van der Waals surface area contributed by atoms with Crippen LogP contribution in [0.1, 0.15) is 40.4 Å². The van der Waals surface area contributed by atoms with Gasteiger partial charge in [0.15, 0.2) is 11.5 Å². The molecule has 0 aromatic heterocycles. The van der Waals surface area contributed by atoms with Crippen LogP contribution in [0.2, 0.25) is 0 Å². The lowest BCUT2D eigenvalue weighted by atomic mass is 9.77. The number of hydrogen-bond acceptors (Lipinski definition) is 3. The first-order valence-electron chi connectivity index (χ1n) is 8.94. The van der Waals surface area contributed by atoms with Gasteiger partial charge in [0.25, 0.3) is 5.91 Å². The summed E-state index contributed by atoms with van der Waals surface area (Å²) in [6.07, 6.45) is 2.60. The van der Waals surface area contributed by atoms with Gasteiger partial charge in [0.1, 0.15) is 0 Å². The minimum atomic E-state index is 0.0343. The number of methoxy groups -OCH3 is 2. The van der Waals surface area contributed by atoms with E-state index in [0.717, 1.165) is 41.7 Å². The minimum Gasteiger partial charge on any atom is -0.493 e. The van der Waals surface area contributed by atoms with Crippen LogP contribution in [0.25, 0.3) is 0 Å². The summed E-state index contributed by atoms with van der Waals surface area (Å²) in [6.45, 7) is 4.26. The molecule has 0 N–H and O–H groups in total. The third-order valence-electron chi connectivity index (χ3n) is 5.55. The van der Waals surface area contributed by atoms with E-state index in [9.17, 15) is 4.79 Å². The van der Waals surface area contributed by atoms with Crippen molar-refractivity contribution in [3.05, 3.63) is 71.3 Å². The summed E-state index contributed by atoms with van der Waals surface area (Å²) in [5.74, 6) is 1.51. The lowest BCUT2D eigenvalue weighted by Crippen LogP contribution is -2.50. The number of benzene rings is 2. The molecular weight excluding hydrogens is 326 g/mol. The van der Waals surface area contributed by atoms with Gasteiger partial charge in [-0.2, -0.15) is 0 Å². The zero-order valence-corrected chi connectivity index (χ0v) is 15.2. The second-order valence-corrected chi connectivity index (χ2v) is 6.92. The maximum absolute atomic E-state index is 13.3. The number of amides is 1. The van der Waals surface area contributed by atoms with E-state index in [2.05, 4.69) is 12.6 Å². The highest BCUT2D eigenvalue weighted by Gasteiger charge is 2.42. The molecule has 0 saturated carbocycles. The molecule has 2 atom stereocenters. The highest BCUT2D eigenvalue weighted by atomic mass is 16.5. The Morgan fingerprint density at radius 2 is 1.77 bits per heavy atom. The molecule has 4 heteroatoms. The Hall–Kier alpha value is -2.75. The van der Waals surface area contributed by atoms with Crippen LogP contribution in [0, 0.1) is 0 Å². The second-order valence-electron chi connectivity index (χ2n) is 6.92. The molecule has 2 aliphatic rings. The standard InChI is InChI=1S/C22H23NO3/c1-14-9-10-18-17-13-21(26-3)20(25-2)12-16(17)11-19(14)23(18)22(24)15-7-5-4-6-8-15/h4-8,12-13,18-19H,1,9-11H2,2-3H3. The zero-order valence-electron chi connectivity index (χ0n) is 15.2. The van der Waals surface area contributed by atoms with E-state index < -0.39 is 0 Å². The van der Waals surface area contributed by atoms with E-state index in [-0.39, 0.29) is 18.0 Å². The van der Waals surface area contributed by atoms with Crippen molar-refractivity contribution >= 4 is 5.91 Å². The third-order valence-corrected chi connectivity index (χ3v) is 5.55. The van der Waals surface area contributed by atoms with Crippen LogP contribution in [0.15, 0.2) is 54.6 Å². The van der Waals surface area contributed by atoms with Crippen molar-refractivity contribution in [1.29, 1.82) is 0 Å². The van der Waals surface area contributed by atoms with E-state index in [4.69, 9.17) is 9.47 Å². The lowest BCUT2D eigenvalue weighted by molar-refractivity contribution is 0.0507. The Morgan fingerprint density at radius 1 is 1.08 bits per heavy atom. The summed E-state index contributed by atoms with van der Waals surface area (Å²) < 4.78 is 11.0. The van der Waals surface area contributed by atoms with Gasteiger partial charge in [0, 0.05) is 5.56 Å². The average Bonchev–Trinajstić information content (AvgIpc) is 2.69. The number of hydrogen-bond donors (Lipinski definition) is 0. The molecule has 2 aliphatic heterocycles. The predicted molar refractivity (Wildman–Crippen MR) is 101 cm³/mol. The van der Waals surface area contributed by atoms with E-state index in [1.54, 1.807) is 14.2 Å². The zero-order chi connectivity index (χ0) is 18.3. The molecule has 2 aromatic carbocycles. The number of fused-ring (bicyclic) bond motifs is 4. The molecule has 1 amide bonds. The Kier molecular flexibility index (Phi) is 4.19. The molecule has 0 aliphatic carbocycles. The summed E-state index contributed by atoms with van der Waals surface area (Å²) in [5, 5.41) is 0. The van der Waals surface area contributed by atoms with E-state index >= 15 is 0 Å². The molecular formula is C22H23NO3. The largest absolute Gasteiger partial charge is 0.493 e. The van der Waals surface area contributed by atoms with Gasteiger partial charge in [-0.25, -0.2) is 0 Å². The number of rotatable bonds is 3. The predicted octanol–water partition coefficient (Wildman–Crippen LogP) is 4.16. The first kappa shape index (κ1) is 16.7. The van der Waals surface area contributed by atoms with Crippen molar-refractivity contribution in [2.45, 2.75) is 31.3 Å². The van der Waals surface area contributed by atoms with Crippen molar-refractivity contribution in [3.63, 3.8) is 0 Å². The summed E-state index contributed by atoms with van der Waals surface area (Å²) in [5.41, 5.74) is 4.23. The summed E-state index contributed by atoms with van der Waals surface area (Å²) in [4.78, 5) is 15.3. The number of carbonyl (C=O) groups is 1. The molecule has 2 unspecified atom stereocenters. The Balaban J connectivity index is 1.81. The van der Waals surface area contributed by atoms with Gasteiger partial charge < -0.3 is 14.4 Å². The number of ether oxygens (including phenoxy) is 2. The maximum atomic E-state index is 13.3. The number of piperidine rings is 1. The SMILES string of the molecule is C=C1CCC2c3cc(OC)c(OC)cc3CC1N2C(=O)c1ccccc1. The Bertz CT molecular complexity index is 859. The van der Waals surface area contributed by atoms with E-state index in [1.165, 1.54) is 5.56 Å². The number of nitrogens with zero attached hydrogens (tertiary/aromatic N) is 1. The molecule has 1 fully saturated rings. The van der Waals surface area contributed by atoms with Crippen molar-refractivity contribution in [1.82, 2.24) is 4.90 Å². The first-order chi connectivity index (χ1) is 12.6. The normalized spacial score (nSPS) is 21.2. The first-order valence-corrected chi connectivity index (χ1v) is 8.94. The molecule has 0 spiro atoms. The fourth-order valence-electron chi connectivity index (χ4n) is 4.23. The quantitative estimate of drug-likeness (QED) is 0.781. The van der Waals surface area contributed by atoms with Gasteiger partial charge in [-0.1, -0.05) is 30.4 Å². The molecule has 134 valence electrons. The molecule has 1 saturated heterocycles. The minimum absolute atomic E-state index is 0.0343. The van der Waals surface area contributed by atoms with Crippen LogP contribution in [-0.2, 0) is 6.42 Å². The fourth-order valence-corrected chi connectivity index (χ4v) is 4.23. The van der Waals surface area contributed by atoms with Gasteiger partial charge in [-0.05, 0) is 54.7 Å². The second kappa shape index (κ2) is 6.52. The van der Waals surface area contributed by atoms with Crippen LogP contribution in [0.4, 0.5) is 0 Å². The topological polar surface area (TPSA) is 38.8 Å². The molecule has 4 nitrogen and oxygen atoms in total.